The van der Waals surface area contributed by atoms with Crippen molar-refractivity contribution in [2.24, 2.45) is 0 Å². The van der Waals surface area contributed by atoms with Crippen molar-refractivity contribution in [2.45, 2.75) is 31.7 Å². The molecule has 1 fully saturated rings. The molecule has 0 radical (unpaired) electrons. The topological polar surface area (TPSA) is 88.6 Å². The Hall–Kier alpha value is -4.06. The zero-order chi connectivity index (χ0) is 22.8. The molecule has 3 aromatic rings. The van der Waals surface area contributed by atoms with Crippen LogP contribution >= 0.6 is 0 Å². The van der Waals surface area contributed by atoms with Gasteiger partial charge < -0.3 is 9.80 Å². The number of benzene rings is 2. The maximum absolute atomic E-state index is 12.9. The number of tetrazole rings is 1. The highest BCUT2D eigenvalue weighted by molar-refractivity contribution is 5.87. The van der Waals surface area contributed by atoms with Crippen LogP contribution in [0, 0.1) is 6.57 Å². The van der Waals surface area contributed by atoms with Gasteiger partial charge in [0.2, 0.25) is 11.8 Å². The molecule has 0 bridgehead atoms. The quantitative estimate of drug-likeness (QED) is 0.578. The van der Waals surface area contributed by atoms with E-state index < -0.39 is 0 Å². The Labute approximate surface area is 191 Å². The molecule has 1 aromatic heterocycles. The number of hydrogen-bond donors (Lipinski definition) is 0. The summed E-state index contributed by atoms with van der Waals surface area (Å²) in [5, 5.41) is 11.1. The molecule has 166 valence electrons. The Morgan fingerprint density at radius 3 is 2.70 bits per heavy atom. The molecule has 2 amide bonds. The normalized spacial score (nSPS) is 18.0. The molecule has 2 heterocycles. The fraction of sp³-hybridized carbons (Fsp3) is 0.333. The van der Waals surface area contributed by atoms with Gasteiger partial charge in [-0.25, -0.2) is 9.53 Å². The Kier molecular flexibility index (Phi) is 5.57. The summed E-state index contributed by atoms with van der Waals surface area (Å²) in [4.78, 5) is 32.9. The molecule has 1 saturated heterocycles. The summed E-state index contributed by atoms with van der Waals surface area (Å²) in [5.41, 5.74) is 4.80. The van der Waals surface area contributed by atoms with Gasteiger partial charge in [-0.1, -0.05) is 35.9 Å². The van der Waals surface area contributed by atoms with Gasteiger partial charge in [0.1, 0.15) is 6.33 Å². The number of aryl methyl sites for hydroxylation is 1. The standard InChI is InChI=1S/C24H23N7O2/c1-25-20-6-4-19-14-22(9-5-18(19)13-20)30-11-10-29(15-24(30)33)23(32)12-17-2-7-21(8-3-17)31-16-26-27-28-31/h2-4,6-8,13,16,22H,5,9-12,14-15H2. The predicted molar refractivity (Wildman–Crippen MR) is 120 cm³/mol. The molecule has 0 N–H and O–H groups in total. The van der Waals surface area contributed by atoms with Gasteiger partial charge in [0.15, 0.2) is 5.69 Å². The number of carbonyl (C=O) groups excluding carboxylic acids is 2. The van der Waals surface area contributed by atoms with Crippen molar-refractivity contribution >= 4 is 17.5 Å². The molecular formula is C24H23N7O2. The maximum atomic E-state index is 12.9. The van der Waals surface area contributed by atoms with Gasteiger partial charge in [-0.15, -0.1) is 5.10 Å². The van der Waals surface area contributed by atoms with E-state index in [1.165, 1.54) is 17.5 Å². The summed E-state index contributed by atoms with van der Waals surface area (Å²) in [5.74, 6) is -0.0336. The fourth-order valence-corrected chi connectivity index (χ4v) is 4.68. The van der Waals surface area contributed by atoms with Crippen molar-refractivity contribution in [2.75, 3.05) is 19.6 Å². The third kappa shape index (κ3) is 4.32. The van der Waals surface area contributed by atoms with Gasteiger partial charge in [0.05, 0.1) is 25.2 Å². The van der Waals surface area contributed by atoms with E-state index in [4.69, 9.17) is 6.57 Å². The minimum atomic E-state index is -0.0427. The van der Waals surface area contributed by atoms with E-state index in [2.05, 4.69) is 20.4 Å². The lowest BCUT2D eigenvalue weighted by atomic mass is 9.87. The number of aromatic nitrogens is 4. The minimum absolute atomic E-state index is 0.00913. The second-order valence-corrected chi connectivity index (χ2v) is 8.46. The lowest BCUT2D eigenvalue weighted by Gasteiger charge is -2.41. The number of piperazine rings is 1. The SMILES string of the molecule is [C-]#[N+]c1ccc2c(c1)CCC(N1CCN(C(=O)Cc3ccc(-n4cnnn4)cc3)CC1=O)C2. The van der Waals surface area contributed by atoms with E-state index in [1.54, 1.807) is 9.58 Å². The van der Waals surface area contributed by atoms with Crippen LogP contribution in [0.3, 0.4) is 0 Å². The number of fused-ring (bicyclic) bond motifs is 1. The number of hydrogen-bond acceptors (Lipinski definition) is 5. The highest BCUT2D eigenvalue weighted by Gasteiger charge is 2.33. The molecule has 2 aromatic carbocycles. The van der Waals surface area contributed by atoms with Gasteiger partial charge in [-0.3, -0.25) is 9.59 Å². The molecule has 9 heteroatoms. The first kappa shape index (κ1) is 20.8. The molecule has 2 aliphatic rings. The van der Waals surface area contributed by atoms with Gasteiger partial charge in [-0.05, 0) is 52.9 Å². The van der Waals surface area contributed by atoms with Crippen LogP contribution in [0.2, 0.25) is 0 Å². The van der Waals surface area contributed by atoms with Crippen LogP contribution in [0.4, 0.5) is 5.69 Å². The van der Waals surface area contributed by atoms with Gasteiger partial charge in [0, 0.05) is 19.1 Å². The molecule has 1 atom stereocenters. The van der Waals surface area contributed by atoms with Crippen molar-refractivity contribution in [3.05, 3.63) is 76.9 Å². The Morgan fingerprint density at radius 1 is 1.12 bits per heavy atom. The Balaban J connectivity index is 1.18. The van der Waals surface area contributed by atoms with Crippen LogP contribution in [0.5, 0.6) is 0 Å². The summed E-state index contributed by atoms with van der Waals surface area (Å²) < 4.78 is 1.55. The second-order valence-electron chi connectivity index (χ2n) is 8.46. The molecule has 9 nitrogen and oxygen atoms in total. The van der Waals surface area contributed by atoms with Gasteiger partial charge in [-0.2, -0.15) is 0 Å². The summed E-state index contributed by atoms with van der Waals surface area (Å²) in [6, 6.07) is 13.5. The highest BCUT2D eigenvalue weighted by Crippen LogP contribution is 2.29. The van der Waals surface area contributed by atoms with Crippen molar-refractivity contribution < 1.29 is 9.59 Å². The summed E-state index contributed by atoms with van der Waals surface area (Å²) in [7, 11) is 0. The largest absolute Gasteiger partial charge is 0.336 e. The third-order valence-corrected chi connectivity index (χ3v) is 6.48. The molecule has 0 saturated carbocycles. The summed E-state index contributed by atoms with van der Waals surface area (Å²) in [6.45, 7) is 8.42. The summed E-state index contributed by atoms with van der Waals surface area (Å²) in [6.07, 6.45) is 4.34. The minimum Gasteiger partial charge on any atom is -0.336 e. The molecule has 5 rings (SSSR count). The van der Waals surface area contributed by atoms with Crippen molar-refractivity contribution in [3.63, 3.8) is 0 Å². The first-order valence-corrected chi connectivity index (χ1v) is 11.0. The number of carbonyl (C=O) groups is 2. The van der Waals surface area contributed by atoms with E-state index in [-0.39, 0.29) is 30.8 Å². The van der Waals surface area contributed by atoms with Crippen molar-refractivity contribution in [1.82, 2.24) is 30.0 Å². The van der Waals surface area contributed by atoms with E-state index in [9.17, 15) is 9.59 Å². The zero-order valence-electron chi connectivity index (χ0n) is 18.1. The number of nitrogens with zero attached hydrogens (tertiary/aromatic N) is 7. The van der Waals surface area contributed by atoms with Gasteiger partial charge >= 0.3 is 0 Å². The molecule has 1 unspecified atom stereocenters. The summed E-state index contributed by atoms with van der Waals surface area (Å²) >= 11 is 0. The Bertz CT molecular complexity index is 1210. The van der Waals surface area contributed by atoms with Crippen LogP contribution in [0.25, 0.3) is 10.5 Å². The van der Waals surface area contributed by atoms with Gasteiger partial charge in [0.25, 0.3) is 0 Å². The third-order valence-electron chi connectivity index (χ3n) is 6.48. The molecule has 0 spiro atoms. The average molecular weight is 441 g/mol. The van der Waals surface area contributed by atoms with Crippen molar-refractivity contribution in [3.8, 4) is 5.69 Å². The second kappa shape index (κ2) is 8.82. The van der Waals surface area contributed by atoms with E-state index in [1.807, 2.05) is 47.4 Å². The molecule has 1 aliphatic carbocycles. The number of rotatable bonds is 4. The smallest absolute Gasteiger partial charge is 0.242 e. The average Bonchev–Trinajstić information content (AvgIpc) is 3.39. The molecule has 33 heavy (non-hydrogen) atoms. The fourth-order valence-electron chi connectivity index (χ4n) is 4.68. The van der Waals surface area contributed by atoms with E-state index >= 15 is 0 Å². The van der Waals surface area contributed by atoms with Crippen LogP contribution in [0.1, 0.15) is 23.1 Å². The number of amides is 2. The molecular weight excluding hydrogens is 418 g/mol. The zero-order valence-corrected chi connectivity index (χ0v) is 18.1. The van der Waals surface area contributed by atoms with E-state index in [0.717, 1.165) is 30.5 Å². The highest BCUT2D eigenvalue weighted by atomic mass is 16.2. The monoisotopic (exact) mass is 441 g/mol. The van der Waals surface area contributed by atoms with E-state index in [0.29, 0.717) is 18.8 Å². The lowest BCUT2D eigenvalue weighted by Crippen LogP contribution is -2.56. The molecule has 1 aliphatic heterocycles. The first-order valence-electron chi connectivity index (χ1n) is 11.0. The lowest BCUT2D eigenvalue weighted by molar-refractivity contribution is -0.147. The predicted octanol–water partition coefficient (Wildman–Crippen LogP) is 1.98. The maximum Gasteiger partial charge on any atom is 0.242 e. The van der Waals surface area contributed by atoms with Crippen LogP contribution in [-0.4, -0.2) is 67.5 Å². The van der Waals surface area contributed by atoms with Crippen molar-refractivity contribution in [1.29, 1.82) is 0 Å². The van der Waals surface area contributed by atoms with Crippen LogP contribution < -0.4 is 0 Å². The van der Waals surface area contributed by atoms with Crippen LogP contribution in [-0.2, 0) is 28.9 Å². The van der Waals surface area contributed by atoms with Crippen LogP contribution in [0.15, 0.2) is 48.8 Å². The first-order chi connectivity index (χ1) is 16.1. The Morgan fingerprint density at radius 2 is 1.97 bits per heavy atom.